The van der Waals surface area contributed by atoms with Gasteiger partial charge in [0.15, 0.2) is 0 Å². The smallest absolute Gasteiger partial charge is 0.330 e. The third-order valence-electron chi connectivity index (χ3n) is 2.98. The molecule has 0 saturated carbocycles. The molecule has 1 fully saturated rings. The molecule has 0 aromatic carbocycles. The molecule has 0 aliphatic carbocycles. The summed E-state index contributed by atoms with van der Waals surface area (Å²) in [6, 6.07) is -1.32. The normalized spacial score (nSPS) is 19.6. The Morgan fingerprint density at radius 2 is 1.72 bits per heavy atom. The van der Waals surface area contributed by atoms with Crippen molar-refractivity contribution in [2.45, 2.75) is 19.9 Å². The van der Waals surface area contributed by atoms with Gasteiger partial charge in [-0.2, -0.15) is 0 Å². The fourth-order valence-electron chi connectivity index (χ4n) is 1.75. The van der Waals surface area contributed by atoms with E-state index in [9.17, 15) is 9.59 Å². The molecule has 1 heterocycles. The minimum absolute atomic E-state index is 0.152. The van der Waals surface area contributed by atoms with Crippen molar-refractivity contribution in [3.05, 3.63) is 0 Å². The van der Waals surface area contributed by atoms with Crippen molar-refractivity contribution in [1.82, 2.24) is 20.7 Å². The number of amides is 2. The van der Waals surface area contributed by atoms with Crippen LogP contribution in [0.2, 0.25) is 0 Å². The molecule has 3 N–H and O–H groups in total. The number of urea groups is 1. The van der Waals surface area contributed by atoms with Crippen molar-refractivity contribution in [1.29, 1.82) is 0 Å². The Bertz CT molecular complexity index is 301. The minimum atomic E-state index is -1.02. The van der Waals surface area contributed by atoms with Crippen LogP contribution in [0.3, 0.4) is 0 Å². The first-order valence-corrected chi connectivity index (χ1v) is 6.13. The molecule has 104 valence electrons. The third-order valence-corrected chi connectivity index (χ3v) is 2.98. The average Bonchev–Trinajstić information content (AvgIpc) is 2.28. The summed E-state index contributed by atoms with van der Waals surface area (Å²) in [7, 11) is 2.02. The molecule has 0 aromatic heterocycles. The summed E-state index contributed by atoms with van der Waals surface area (Å²) in [4.78, 5) is 24.8. The van der Waals surface area contributed by atoms with Gasteiger partial charge >= 0.3 is 12.0 Å². The Morgan fingerprint density at radius 3 is 2.17 bits per heavy atom. The molecule has 0 bridgehead atoms. The standard InChI is InChI=1S/C11H22N4O3/c1-8(2)9(10(16)17)12-11(18)13-15-6-4-14(3)5-7-15/h8-9H,4-7H2,1-3H3,(H,16,17)(H2,12,13,18). The number of hydrazine groups is 1. The molecule has 1 atom stereocenters. The lowest BCUT2D eigenvalue weighted by Gasteiger charge is -2.32. The fourth-order valence-corrected chi connectivity index (χ4v) is 1.75. The highest BCUT2D eigenvalue weighted by molar-refractivity contribution is 5.82. The molecule has 1 aliphatic rings. The number of piperazine rings is 1. The molecule has 1 rings (SSSR count). The predicted molar refractivity (Wildman–Crippen MR) is 67.0 cm³/mol. The minimum Gasteiger partial charge on any atom is -0.480 e. The van der Waals surface area contributed by atoms with Crippen LogP contribution in [0.5, 0.6) is 0 Å². The quantitative estimate of drug-likeness (QED) is 0.636. The van der Waals surface area contributed by atoms with Gasteiger partial charge in [0.05, 0.1) is 0 Å². The summed E-state index contributed by atoms with van der Waals surface area (Å²) in [6.07, 6.45) is 0. The van der Waals surface area contributed by atoms with E-state index in [1.807, 2.05) is 7.05 Å². The first-order chi connectivity index (χ1) is 8.40. The number of hydrogen-bond donors (Lipinski definition) is 3. The Morgan fingerprint density at radius 1 is 1.17 bits per heavy atom. The lowest BCUT2D eigenvalue weighted by molar-refractivity contribution is -0.140. The molecule has 1 unspecified atom stereocenters. The average molecular weight is 258 g/mol. The van der Waals surface area contributed by atoms with Gasteiger partial charge in [-0.1, -0.05) is 13.8 Å². The van der Waals surface area contributed by atoms with Crippen molar-refractivity contribution >= 4 is 12.0 Å². The van der Waals surface area contributed by atoms with Crippen LogP contribution < -0.4 is 10.7 Å². The summed E-state index contributed by atoms with van der Waals surface area (Å²) in [5.41, 5.74) is 2.67. The zero-order valence-corrected chi connectivity index (χ0v) is 11.1. The molecular weight excluding hydrogens is 236 g/mol. The number of nitrogens with one attached hydrogen (secondary N) is 2. The third kappa shape index (κ3) is 4.50. The largest absolute Gasteiger partial charge is 0.480 e. The van der Waals surface area contributed by atoms with Crippen molar-refractivity contribution in [3.8, 4) is 0 Å². The number of carboxylic acids is 1. The van der Waals surface area contributed by atoms with Crippen LogP contribution in [0.4, 0.5) is 4.79 Å². The number of nitrogens with zero attached hydrogens (tertiary/aromatic N) is 2. The Kier molecular flexibility index (Phi) is 5.36. The topological polar surface area (TPSA) is 84.9 Å². The van der Waals surface area contributed by atoms with E-state index in [-0.39, 0.29) is 5.92 Å². The van der Waals surface area contributed by atoms with Crippen LogP contribution in [-0.2, 0) is 4.79 Å². The van der Waals surface area contributed by atoms with Gasteiger partial charge in [0.1, 0.15) is 6.04 Å². The van der Waals surface area contributed by atoms with E-state index in [2.05, 4.69) is 15.6 Å². The number of carbonyl (C=O) groups excluding carboxylic acids is 1. The zero-order chi connectivity index (χ0) is 13.7. The Hall–Kier alpha value is -1.34. The van der Waals surface area contributed by atoms with Crippen LogP contribution >= 0.6 is 0 Å². The van der Waals surface area contributed by atoms with Gasteiger partial charge < -0.3 is 15.3 Å². The summed E-state index contributed by atoms with van der Waals surface area (Å²) in [6.45, 7) is 6.76. The molecule has 0 spiro atoms. The number of carboxylic acid groups (broad SMARTS) is 1. The molecular formula is C11H22N4O3. The second kappa shape index (κ2) is 6.55. The van der Waals surface area contributed by atoms with E-state index in [1.54, 1.807) is 18.9 Å². The van der Waals surface area contributed by atoms with Crippen LogP contribution in [0.15, 0.2) is 0 Å². The summed E-state index contributed by atoms with van der Waals surface area (Å²) < 4.78 is 0. The maximum Gasteiger partial charge on any atom is 0.330 e. The second-order valence-corrected chi connectivity index (χ2v) is 4.94. The van der Waals surface area contributed by atoms with E-state index >= 15 is 0 Å². The second-order valence-electron chi connectivity index (χ2n) is 4.94. The molecule has 1 saturated heterocycles. The monoisotopic (exact) mass is 258 g/mol. The molecule has 7 nitrogen and oxygen atoms in total. The van der Waals surface area contributed by atoms with Gasteiger partial charge in [-0.05, 0) is 13.0 Å². The highest BCUT2D eigenvalue weighted by Crippen LogP contribution is 2.01. The van der Waals surface area contributed by atoms with Gasteiger partial charge in [-0.3, -0.25) is 5.43 Å². The molecule has 18 heavy (non-hydrogen) atoms. The first-order valence-electron chi connectivity index (χ1n) is 6.13. The summed E-state index contributed by atoms with van der Waals surface area (Å²) >= 11 is 0. The van der Waals surface area contributed by atoms with Gasteiger partial charge in [0.25, 0.3) is 0 Å². The number of likely N-dealkylation sites (N-methyl/N-ethyl adjacent to an activating group) is 1. The molecule has 0 radical (unpaired) electrons. The number of hydrogen-bond acceptors (Lipinski definition) is 4. The number of rotatable bonds is 4. The number of carbonyl (C=O) groups is 2. The van der Waals surface area contributed by atoms with E-state index in [1.165, 1.54) is 0 Å². The zero-order valence-electron chi connectivity index (χ0n) is 11.1. The van der Waals surface area contributed by atoms with Crippen LogP contribution in [-0.4, -0.2) is 66.3 Å². The van der Waals surface area contributed by atoms with Crippen molar-refractivity contribution in [2.75, 3.05) is 33.2 Å². The SMILES string of the molecule is CC(C)C(NC(=O)NN1CCN(C)CC1)C(=O)O. The maximum atomic E-state index is 11.7. The van der Waals surface area contributed by atoms with Crippen LogP contribution in [0, 0.1) is 5.92 Å². The highest BCUT2D eigenvalue weighted by atomic mass is 16.4. The molecule has 7 heteroatoms. The van der Waals surface area contributed by atoms with Crippen LogP contribution in [0.1, 0.15) is 13.8 Å². The van der Waals surface area contributed by atoms with E-state index in [4.69, 9.17) is 5.11 Å². The first kappa shape index (κ1) is 14.7. The Labute approximate surface area is 107 Å². The fraction of sp³-hybridized carbons (Fsp3) is 0.818. The lowest BCUT2D eigenvalue weighted by atomic mass is 10.1. The summed E-state index contributed by atoms with van der Waals surface area (Å²) in [5.74, 6) is -1.17. The number of aliphatic carboxylic acids is 1. The van der Waals surface area contributed by atoms with Crippen molar-refractivity contribution in [3.63, 3.8) is 0 Å². The maximum absolute atomic E-state index is 11.7. The lowest BCUT2D eigenvalue weighted by Crippen LogP contribution is -2.57. The van der Waals surface area contributed by atoms with Gasteiger partial charge in [0, 0.05) is 26.2 Å². The van der Waals surface area contributed by atoms with Crippen LogP contribution in [0.25, 0.3) is 0 Å². The van der Waals surface area contributed by atoms with Gasteiger partial charge in [-0.25, -0.2) is 14.6 Å². The molecule has 1 aliphatic heterocycles. The summed E-state index contributed by atoms with van der Waals surface area (Å²) in [5, 5.41) is 13.2. The molecule has 0 aromatic rings. The van der Waals surface area contributed by atoms with E-state index in [0.29, 0.717) is 0 Å². The predicted octanol–water partition coefficient (Wildman–Crippen LogP) is -0.443. The van der Waals surface area contributed by atoms with Crippen molar-refractivity contribution < 1.29 is 14.7 Å². The highest BCUT2D eigenvalue weighted by Gasteiger charge is 2.24. The Balaban J connectivity index is 2.38. The van der Waals surface area contributed by atoms with Crippen molar-refractivity contribution in [2.24, 2.45) is 5.92 Å². The van der Waals surface area contributed by atoms with Gasteiger partial charge in [0.2, 0.25) is 0 Å². The molecule has 2 amide bonds. The van der Waals surface area contributed by atoms with E-state index in [0.717, 1.165) is 26.2 Å². The van der Waals surface area contributed by atoms with E-state index < -0.39 is 18.0 Å². The van der Waals surface area contributed by atoms with Gasteiger partial charge in [-0.15, -0.1) is 0 Å².